The van der Waals surface area contributed by atoms with Crippen molar-refractivity contribution < 1.29 is 21.6 Å². The first kappa shape index (κ1) is 23.8. The normalized spacial score (nSPS) is 16.3. The minimum atomic E-state index is -3.95. The SMILES string of the molecule is COc1ccccc1C1CC(c2ccc(NS(C)(=O)=O)cc2)=NN1S(=O)(=O)c1ccc(C)cc1. The Morgan fingerprint density at radius 2 is 1.59 bits per heavy atom. The van der Waals surface area contributed by atoms with Gasteiger partial charge in [0, 0.05) is 17.7 Å². The molecule has 3 aromatic carbocycles. The first-order chi connectivity index (χ1) is 16.1. The molecule has 1 aliphatic rings. The highest BCUT2D eigenvalue weighted by molar-refractivity contribution is 7.92. The first-order valence-electron chi connectivity index (χ1n) is 10.5. The van der Waals surface area contributed by atoms with E-state index in [0.29, 0.717) is 34.7 Å². The summed E-state index contributed by atoms with van der Waals surface area (Å²) in [6.45, 7) is 1.89. The molecule has 1 aliphatic heterocycles. The van der Waals surface area contributed by atoms with Crippen LogP contribution >= 0.6 is 0 Å². The van der Waals surface area contributed by atoms with Crippen LogP contribution < -0.4 is 9.46 Å². The Bertz CT molecular complexity index is 1430. The van der Waals surface area contributed by atoms with Crippen molar-refractivity contribution in [2.24, 2.45) is 5.10 Å². The van der Waals surface area contributed by atoms with Crippen molar-refractivity contribution in [3.05, 3.63) is 89.5 Å². The van der Waals surface area contributed by atoms with Gasteiger partial charge in [-0.05, 0) is 42.8 Å². The van der Waals surface area contributed by atoms with Crippen LogP contribution in [0.5, 0.6) is 5.75 Å². The van der Waals surface area contributed by atoms with Gasteiger partial charge in [0.25, 0.3) is 10.0 Å². The summed E-state index contributed by atoms with van der Waals surface area (Å²) < 4.78 is 59.3. The van der Waals surface area contributed by atoms with E-state index in [1.807, 2.05) is 25.1 Å². The van der Waals surface area contributed by atoms with Crippen LogP contribution in [0, 0.1) is 6.92 Å². The molecule has 1 atom stereocenters. The maximum Gasteiger partial charge on any atom is 0.279 e. The number of benzene rings is 3. The van der Waals surface area contributed by atoms with Gasteiger partial charge in [-0.2, -0.15) is 17.9 Å². The van der Waals surface area contributed by atoms with Crippen LogP contribution in [0.2, 0.25) is 0 Å². The average Bonchev–Trinajstić information content (AvgIpc) is 3.25. The summed E-state index contributed by atoms with van der Waals surface area (Å²) in [5.74, 6) is 0.570. The minimum absolute atomic E-state index is 0.149. The number of sulfonamides is 2. The summed E-state index contributed by atoms with van der Waals surface area (Å²) in [6.07, 6.45) is 1.40. The van der Waals surface area contributed by atoms with Gasteiger partial charge in [-0.25, -0.2) is 8.42 Å². The van der Waals surface area contributed by atoms with Gasteiger partial charge < -0.3 is 4.74 Å². The van der Waals surface area contributed by atoms with Crippen molar-refractivity contribution in [2.45, 2.75) is 24.3 Å². The molecule has 1 N–H and O–H groups in total. The quantitative estimate of drug-likeness (QED) is 0.531. The van der Waals surface area contributed by atoms with Crippen molar-refractivity contribution in [3.8, 4) is 5.75 Å². The van der Waals surface area contributed by atoms with Gasteiger partial charge in [0.2, 0.25) is 10.0 Å². The number of anilines is 1. The molecular weight excluding hydrogens is 474 g/mol. The molecule has 8 nitrogen and oxygen atoms in total. The fourth-order valence-electron chi connectivity index (χ4n) is 3.82. The highest BCUT2D eigenvalue weighted by Crippen LogP contribution is 2.40. The molecule has 1 unspecified atom stereocenters. The van der Waals surface area contributed by atoms with E-state index in [4.69, 9.17) is 4.74 Å². The van der Waals surface area contributed by atoms with Gasteiger partial charge in [0.05, 0.1) is 30.0 Å². The Labute approximate surface area is 200 Å². The third kappa shape index (κ3) is 4.92. The lowest BCUT2D eigenvalue weighted by molar-refractivity contribution is 0.350. The number of aryl methyl sites for hydroxylation is 1. The lowest BCUT2D eigenvalue weighted by Gasteiger charge is -2.24. The van der Waals surface area contributed by atoms with Crippen LogP contribution in [0.1, 0.15) is 29.2 Å². The zero-order valence-electron chi connectivity index (χ0n) is 19.0. The van der Waals surface area contributed by atoms with E-state index in [1.54, 1.807) is 61.7 Å². The molecule has 0 aromatic heterocycles. The number of hydrogen-bond donors (Lipinski definition) is 1. The Hall–Kier alpha value is -3.37. The number of para-hydroxylation sites is 1. The van der Waals surface area contributed by atoms with Crippen LogP contribution in [0.4, 0.5) is 5.69 Å². The van der Waals surface area contributed by atoms with Crippen LogP contribution in [0.3, 0.4) is 0 Å². The molecule has 10 heteroatoms. The van der Waals surface area contributed by atoms with Crippen molar-refractivity contribution in [1.82, 2.24) is 4.41 Å². The zero-order chi connectivity index (χ0) is 24.5. The van der Waals surface area contributed by atoms with E-state index < -0.39 is 26.1 Å². The van der Waals surface area contributed by atoms with Crippen LogP contribution in [-0.2, 0) is 20.0 Å². The van der Waals surface area contributed by atoms with Gasteiger partial charge in [0.15, 0.2) is 0 Å². The molecule has 0 amide bonds. The topological polar surface area (TPSA) is 105 Å². The number of hydrazone groups is 1. The van der Waals surface area contributed by atoms with Gasteiger partial charge >= 0.3 is 0 Å². The number of methoxy groups -OCH3 is 1. The Morgan fingerprint density at radius 1 is 0.941 bits per heavy atom. The van der Waals surface area contributed by atoms with Gasteiger partial charge in [0.1, 0.15) is 5.75 Å². The van der Waals surface area contributed by atoms with E-state index >= 15 is 0 Å². The summed E-state index contributed by atoms with van der Waals surface area (Å²) >= 11 is 0. The van der Waals surface area contributed by atoms with Crippen molar-refractivity contribution in [2.75, 3.05) is 18.1 Å². The lowest BCUT2D eigenvalue weighted by Crippen LogP contribution is -2.27. The molecule has 3 aromatic rings. The second kappa shape index (κ2) is 9.11. The fourth-order valence-corrected chi connectivity index (χ4v) is 5.81. The second-order valence-electron chi connectivity index (χ2n) is 8.05. The molecule has 0 radical (unpaired) electrons. The second-order valence-corrected chi connectivity index (χ2v) is 11.6. The number of ether oxygens (including phenoxy) is 1. The molecular formula is C24H25N3O5S2. The van der Waals surface area contributed by atoms with Crippen molar-refractivity contribution >= 4 is 31.4 Å². The standard InChI is InChI=1S/C24H25N3O5S2/c1-17-8-14-20(15-9-17)34(30,31)27-23(21-6-4-5-7-24(21)32-2)16-22(25-27)18-10-12-19(13-11-18)26-33(3,28)29/h4-15,23,26H,16H2,1-3H3. The van der Waals surface area contributed by atoms with Gasteiger partial charge in [-0.1, -0.05) is 48.0 Å². The Morgan fingerprint density at radius 3 is 2.21 bits per heavy atom. The van der Waals surface area contributed by atoms with E-state index in [1.165, 1.54) is 0 Å². The summed E-state index contributed by atoms with van der Waals surface area (Å²) in [6, 6.07) is 20.0. The molecule has 0 bridgehead atoms. The molecule has 0 saturated heterocycles. The molecule has 178 valence electrons. The first-order valence-corrected chi connectivity index (χ1v) is 13.8. The van der Waals surface area contributed by atoms with Crippen molar-refractivity contribution in [1.29, 1.82) is 0 Å². The summed E-state index contributed by atoms with van der Waals surface area (Å²) in [5, 5.41) is 4.53. The Balaban J connectivity index is 1.77. The molecule has 34 heavy (non-hydrogen) atoms. The van der Waals surface area contributed by atoms with E-state index in [-0.39, 0.29) is 4.90 Å². The van der Waals surface area contributed by atoms with Crippen molar-refractivity contribution in [3.63, 3.8) is 0 Å². The lowest BCUT2D eigenvalue weighted by atomic mass is 9.98. The van der Waals surface area contributed by atoms with Gasteiger partial charge in [-0.3, -0.25) is 4.72 Å². The zero-order valence-corrected chi connectivity index (χ0v) is 20.6. The third-order valence-corrected chi connectivity index (χ3v) is 7.76. The Kier molecular flexibility index (Phi) is 6.37. The number of nitrogens with one attached hydrogen (secondary N) is 1. The third-order valence-electron chi connectivity index (χ3n) is 5.46. The molecule has 4 rings (SSSR count). The average molecular weight is 500 g/mol. The summed E-state index contributed by atoms with van der Waals surface area (Å²) in [5.41, 5.74) is 3.33. The largest absolute Gasteiger partial charge is 0.496 e. The maximum absolute atomic E-state index is 13.6. The molecule has 1 heterocycles. The predicted octanol–water partition coefficient (Wildman–Crippen LogP) is 3.92. The van der Waals surface area contributed by atoms with Crippen LogP contribution in [0.25, 0.3) is 0 Å². The highest BCUT2D eigenvalue weighted by atomic mass is 32.2. The van der Waals surface area contributed by atoms with Gasteiger partial charge in [-0.15, -0.1) is 0 Å². The molecule has 0 spiro atoms. The van der Waals surface area contributed by atoms with E-state index in [0.717, 1.165) is 16.2 Å². The molecule has 0 aliphatic carbocycles. The smallest absolute Gasteiger partial charge is 0.279 e. The van der Waals surface area contributed by atoms with E-state index in [2.05, 4.69) is 9.82 Å². The number of nitrogens with zero attached hydrogens (tertiary/aromatic N) is 2. The monoisotopic (exact) mass is 499 g/mol. The molecule has 0 fully saturated rings. The fraction of sp³-hybridized carbons (Fsp3) is 0.208. The number of rotatable bonds is 7. The van der Waals surface area contributed by atoms with Crippen LogP contribution in [0.15, 0.2) is 82.8 Å². The maximum atomic E-state index is 13.6. The van der Waals surface area contributed by atoms with E-state index in [9.17, 15) is 16.8 Å². The predicted molar refractivity (Wildman–Crippen MR) is 132 cm³/mol. The highest BCUT2D eigenvalue weighted by Gasteiger charge is 2.39. The number of hydrogen-bond acceptors (Lipinski definition) is 6. The summed E-state index contributed by atoms with van der Waals surface area (Å²) in [4.78, 5) is 0.149. The minimum Gasteiger partial charge on any atom is -0.496 e. The van der Waals surface area contributed by atoms with Crippen LogP contribution in [-0.4, -0.2) is 40.3 Å². The molecule has 0 saturated carbocycles. The summed E-state index contributed by atoms with van der Waals surface area (Å²) in [7, 11) is -5.81.